The molecular weight excluding hydrogens is 370 g/mol. The van der Waals surface area contributed by atoms with E-state index < -0.39 is 5.91 Å². The number of carbonyl (C=O) groups is 2. The van der Waals surface area contributed by atoms with Gasteiger partial charge in [0.2, 0.25) is 0 Å². The Kier molecular flexibility index (Phi) is 6.03. The third-order valence-corrected chi connectivity index (χ3v) is 4.28. The van der Waals surface area contributed by atoms with E-state index in [1.54, 1.807) is 18.2 Å². The number of ether oxygens (including phenoxy) is 1. The number of nitrogens with zero attached hydrogens (tertiary/aromatic N) is 2. The maximum atomic E-state index is 12.7. The third kappa shape index (κ3) is 4.49. The minimum absolute atomic E-state index is 0.0240. The SMILES string of the molecule is CNC(=O)c1nc(-c2ccc(OC)c(C(=O)NCc3ccccc3)c2)cnc1N. The summed E-state index contributed by atoms with van der Waals surface area (Å²) in [5.41, 5.74) is 8.12. The van der Waals surface area contributed by atoms with Crippen LogP contribution in [0.3, 0.4) is 0 Å². The molecule has 0 radical (unpaired) electrons. The highest BCUT2D eigenvalue weighted by molar-refractivity contribution is 5.99. The fraction of sp³-hybridized carbons (Fsp3) is 0.143. The molecule has 29 heavy (non-hydrogen) atoms. The lowest BCUT2D eigenvalue weighted by atomic mass is 10.1. The standard InChI is InChI=1S/C21H21N5O3/c1-23-21(28)18-19(22)24-12-16(26-18)14-8-9-17(29-2)15(10-14)20(27)25-11-13-6-4-3-5-7-13/h3-10,12H,11H2,1-2H3,(H2,22,24)(H,23,28)(H,25,27). The lowest BCUT2D eigenvalue weighted by molar-refractivity contribution is 0.0943. The van der Waals surface area contributed by atoms with Gasteiger partial charge in [-0.15, -0.1) is 0 Å². The van der Waals surface area contributed by atoms with Crippen molar-refractivity contribution in [2.75, 3.05) is 19.9 Å². The molecule has 1 heterocycles. The number of anilines is 1. The maximum absolute atomic E-state index is 12.7. The van der Waals surface area contributed by atoms with E-state index in [1.807, 2.05) is 30.3 Å². The van der Waals surface area contributed by atoms with Crippen LogP contribution in [-0.2, 0) is 6.54 Å². The van der Waals surface area contributed by atoms with Gasteiger partial charge in [0.1, 0.15) is 5.75 Å². The van der Waals surface area contributed by atoms with Crippen molar-refractivity contribution < 1.29 is 14.3 Å². The molecule has 0 aliphatic heterocycles. The molecule has 0 unspecified atom stereocenters. The van der Waals surface area contributed by atoms with Crippen LogP contribution in [-0.4, -0.2) is 35.9 Å². The number of nitrogens with one attached hydrogen (secondary N) is 2. The number of nitrogens with two attached hydrogens (primary N) is 1. The van der Waals surface area contributed by atoms with Gasteiger partial charge < -0.3 is 21.1 Å². The van der Waals surface area contributed by atoms with Crippen LogP contribution in [0.25, 0.3) is 11.3 Å². The summed E-state index contributed by atoms with van der Waals surface area (Å²) < 4.78 is 5.33. The van der Waals surface area contributed by atoms with Gasteiger partial charge in [0, 0.05) is 19.2 Å². The number of nitrogen functional groups attached to an aromatic ring is 1. The normalized spacial score (nSPS) is 10.3. The van der Waals surface area contributed by atoms with E-state index >= 15 is 0 Å². The summed E-state index contributed by atoms with van der Waals surface area (Å²) in [6.45, 7) is 0.384. The second-order valence-corrected chi connectivity index (χ2v) is 6.15. The zero-order valence-electron chi connectivity index (χ0n) is 16.1. The van der Waals surface area contributed by atoms with Crippen molar-refractivity contribution in [1.29, 1.82) is 0 Å². The number of hydrogen-bond donors (Lipinski definition) is 3. The van der Waals surface area contributed by atoms with Crippen LogP contribution >= 0.6 is 0 Å². The second-order valence-electron chi connectivity index (χ2n) is 6.15. The summed E-state index contributed by atoms with van der Waals surface area (Å²) in [5.74, 6) is -0.273. The monoisotopic (exact) mass is 391 g/mol. The smallest absolute Gasteiger partial charge is 0.273 e. The number of amides is 2. The summed E-state index contributed by atoms with van der Waals surface area (Å²) in [5, 5.41) is 5.35. The van der Waals surface area contributed by atoms with Crippen LogP contribution < -0.4 is 21.1 Å². The molecule has 8 heteroatoms. The molecule has 0 saturated carbocycles. The van der Waals surface area contributed by atoms with Crippen molar-refractivity contribution in [3.05, 3.63) is 71.5 Å². The Bertz CT molecular complexity index is 1040. The molecule has 4 N–H and O–H groups in total. The lowest BCUT2D eigenvalue weighted by Crippen LogP contribution is -2.23. The summed E-state index contributed by atoms with van der Waals surface area (Å²) in [6.07, 6.45) is 1.45. The molecule has 2 aromatic carbocycles. The Balaban J connectivity index is 1.91. The molecule has 3 aromatic rings. The first-order chi connectivity index (χ1) is 14.0. The number of carbonyl (C=O) groups excluding carboxylic acids is 2. The van der Waals surface area contributed by atoms with E-state index in [2.05, 4.69) is 20.6 Å². The van der Waals surface area contributed by atoms with E-state index in [0.29, 0.717) is 29.1 Å². The Labute approximate surface area is 168 Å². The van der Waals surface area contributed by atoms with Crippen LogP contribution in [0.5, 0.6) is 5.75 Å². The van der Waals surface area contributed by atoms with Gasteiger partial charge in [0.05, 0.1) is 24.6 Å². The highest BCUT2D eigenvalue weighted by Gasteiger charge is 2.17. The number of benzene rings is 2. The zero-order chi connectivity index (χ0) is 20.8. The zero-order valence-corrected chi connectivity index (χ0v) is 16.1. The molecule has 0 spiro atoms. The van der Waals surface area contributed by atoms with Gasteiger partial charge in [-0.2, -0.15) is 0 Å². The minimum atomic E-state index is -0.439. The fourth-order valence-electron chi connectivity index (χ4n) is 2.74. The predicted molar refractivity (Wildman–Crippen MR) is 109 cm³/mol. The molecule has 148 valence electrons. The van der Waals surface area contributed by atoms with Crippen molar-refractivity contribution in [3.8, 4) is 17.0 Å². The van der Waals surface area contributed by atoms with Gasteiger partial charge in [0.25, 0.3) is 11.8 Å². The van der Waals surface area contributed by atoms with Crippen molar-refractivity contribution >= 4 is 17.6 Å². The predicted octanol–water partition coefficient (Wildman–Crippen LogP) is 2.02. The molecule has 0 aliphatic carbocycles. The maximum Gasteiger partial charge on any atom is 0.273 e. The van der Waals surface area contributed by atoms with Gasteiger partial charge in [-0.05, 0) is 23.8 Å². The second kappa shape index (κ2) is 8.83. The Morgan fingerprint density at radius 3 is 2.55 bits per heavy atom. The van der Waals surface area contributed by atoms with E-state index in [4.69, 9.17) is 10.5 Å². The molecule has 0 aliphatic rings. The van der Waals surface area contributed by atoms with Crippen molar-refractivity contribution in [2.45, 2.75) is 6.54 Å². The molecule has 8 nitrogen and oxygen atoms in total. The third-order valence-electron chi connectivity index (χ3n) is 4.28. The van der Waals surface area contributed by atoms with Crippen molar-refractivity contribution in [3.63, 3.8) is 0 Å². The molecule has 1 aromatic heterocycles. The lowest BCUT2D eigenvalue weighted by Gasteiger charge is -2.12. The van der Waals surface area contributed by atoms with Crippen LogP contribution in [0.15, 0.2) is 54.7 Å². The Morgan fingerprint density at radius 2 is 1.86 bits per heavy atom. The fourth-order valence-corrected chi connectivity index (χ4v) is 2.74. The summed E-state index contributed by atoms with van der Waals surface area (Å²) in [6, 6.07) is 14.6. The van der Waals surface area contributed by atoms with E-state index in [-0.39, 0.29) is 17.4 Å². The number of methoxy groups -OCH3 is 1. The quantitative estimate of drug-likeness (QED) is 0.591. The first kappa shape index (κ1) is 19.8. The highest BCUT2D eigenvalue weighted by atomic mass is 16.5. The number of hydrogen-bond acceptors (Lipinski definition) is 6. The summed E-state index contributed by atoms with van der Waals surface area (Å²) >= 11 is 0. The molecule has 0 fully saturated rings. The first-order valence-electron chi connectivity index (χ1n) is 8.88. The average molecular weight is 391 g/mol. The minimum Gasteiger partial charge on any atom is -0.496 e. The molecule has 2 amide bonds. The molecule has 0 atom stereocenters. The van der Waals surface area contributed by atoms with E-state index in [9.17, 15) is 9.59 Å². The van der Waals surface area contributed by atoms with Crippen LogP contribution in [0, 0.1) is 0 Å². The van der Waals surface area contributed by atoms with Gasteiger partial charge >= 0.3 is 0 Å². The van der Waals surface area contributed by atoms with Crippen molar-refractivity contribution in [2.24, 2.45) is 0 Å². The Hall–Kier alpha value is -3.94. The van der Waals surface area contributed by atoms with Crippen LogP contribution in [0.1, 0.15) is 26.4 Å². The van der Waals surface area contributed by atoms with Gasteiger partial charge in [0.15, 0.2) is 11.5 Å². The van der Waals surface area contributed by atoms with Gasteiger partial charge in [-0.25, -0.2) is 9.97 Å². The number of aromatic nitrogens is 2. The molecular formula is C21H21N5O3. The molecule has 0 bridgehead atoms. The first-order valence-corrected chi connectivity index (χ1v) is 8.88. The summed E-state index contributed by atoms with van der Waals surface area (Å²) in [4.78, 5) is 33.0. The van der Waals surface area contributed by atoms with Crippen LogP contribution in [0.4, 0.5) is 5.82 Å². The van der Waals surface area contributed by atoms with Crippen LogP contribution in [0.2, 0.25) is 0 Å². The molecule has 3 rings (SSSR count). The highest BCUT2D eigenvalue weighted by Crippen LogP contribution is 2.26. The Morgan fingerprint density at radius 1 is 1.10 bits per heavy atom. The van der Waals surface area contributed by atoms with Gasteiger partial charge in [-0.3, -0.25) is 9.59 Å². The largest absolute Gasteiger partial charge is 0.496 e. The van der Waals surface area contributed by atoms with E-state index in [1.165, 1.54) is 20.4 Å². The van der Waals surface area contributed by atoms with Crippen molar-refractivity contribution in [1.82, 2.24) is 20.6 Å². The number of rotatable bonds is 6. The average Bonchev–Trinajstić information content (AvgIpc) is 2.77. The topological polar surface area (TPSA) is 119 Å². The molecule has 0 saturated heterocycles. The van der Waals surface area contributed by atoms with E-state index in [0.717, 1.165) is 5.56 Å². The summed E-state index contributed by atoms with van der Waals surface area (Å²) in [7, 11) is 2.98. The van der Waals surface area contributed by atoms with Gasteiger partial charge in [-0.1, -0.05) is 30.3 Å².